The minimum Gasteiger partial charge on any atom is -0.479 e. The molecule has 110 valence electrons. The Hall–Kier alpha value is -2.01. The number of hydrogen-bond acceptors (Lipinski definition) is 4. The van der Waals surface area contributed by atoms with Gasteiger partial charge in [0.1, 0.15) is 5.75 Å². The van der Waals surface area contributed by atoms with E-state index in [4.69, 9.17) is 10.5 Å². The van der Waals surface area contributed by atoms with Crippen LogP contribution in [0, 0.1) is 0 Å². The smallest absolute Gasteiger partial charge is 0.268 e. The van der Waals surface area contributed by atoms with Gasteiger partial charge in [0, 0.05) is 21.5 Å². The number of anilines is 2. The van der Waals surface area contributed by atoms with Crippen molar-refractivity contribution < 1.29 is 9.53 Å². The van der Waals surface area contributed by atoms with E-state index in [1.807, 2.05) is 6.07 Å². The number of rotatable bonds is 3. The van der Waals surface area contributed by atoms with Crippen molar-refractivity contribution in [2.24, 2.45) is 0 Å². The second-order valence-electron chi connectivity index (χ2n) is 5.13. The van der Waals surface area contributed by atoms with Gasteiger partial charge in [-0.15, -0.1) is 11.3 Å². The molecular formula is C16H18N2O2S. The number of carbonyl (C=O) groups is 1. The quantitative estimate of drug-likeness (QED) is 0.886. The van der Waals surface area contributed by atoms with E-state index in [0.717, 1.165) is 12.1 Å². The van der Waals surface area contributed by atoms with E-state index in [2.05, 4.69) is 19.1 Å². The fourth-order valence-electron chi connectivity index (χ4n) is 2.44. The third-order valence-electron chi connectivity index (χ3n) is 3.57. The highest BCUT2D eigenvalue weighted by Crippen LogP contribution is 2.37. The van der Waals surface area contributed by atoms with Crippen molar-refractivity contribution in [3.05, 3.63) is 40.1 Å². The number of aryl methyl sites for hydroxylation is 1. The van der Waals surface area contributed by atoms with Gasteiger partial charge in [0.2, 0.25) is 0 Å². The van der Waals surface area contributed by atoms with Crippen LogP contribution >= 0.6 is 11.3 Å². The molecule has 1 amide bonds. The molecule has 4 nitrogen and oxygen atoms in total. The van der Waals surface area contributed by atoms with Crippen LogP contribution in [-0.4, -0.2) is 12.0 Å². The summed E-state index contributed by atoms with van der Waals surface area (Å²) in [4.78, 5) is 16.7. The zero-order valence-electron chi connectivity index (χ0n) is 12.1. The molecule has 1 aliphatic heterocycles. The maximum atomic E-state index is 12.4. The molecule has 1 unspecified atom stereocenters. The molecule has 1 atom stereocenters. The zero-order valence-corrected chi connectivity index (χ0v) is 12.9. The van der Waals surface area contributed by atoms with Crippen LogP contribution in [0.25, 0.3) is 0 Å². The molecule has 2 N–H and O–H groups in total. The highest BCUT2D eigenvalue weighted by atomic mass is 32.1. The predicted molar refractivity (Wildman–Crippen MR) is 85.8 cm³/mol. The molecule has 2 heterocycles. The fraction of sp³-hybridized carbons (Fsp3) is 0.312. The van der Waals surface area contributed by atoms with E-state index in [1.165, 1.54) is 9.75 Å². The predicted octanol–water partition coefficient (Wildman–Crippen LogP) is 3.21. The highest BCUT2D eigenvalue weighted by molar-refractivity contribution is 7.12. The van der Waals surface area contributed by atoms with Crippen molar-refractivity contribution in [1.29, 1.82) is 0 Å². The summed E-state index contributed by atoms with van der Waals surface area (Å²) in [6.07, 6.45) is 0.538. The van der Waals surface area contributed by atoms with Crippen LogP contribution in [-0.2, 0) is 17.8 Å². The number of hydrogen-bond donors (Lipinski definition) is 1. The molecule has 0 spiro atoms. The van der Waals surface area contributed by atoms with Gasteiger partial charge >= 0.3 is 0 Å². The summed E-state index contributed by atoms with van der Waals surface area (Å²) in [7, 11) is 0. The molecular weight excluding hydrogens is 284 g/mol. The maximum absolute atomic E-state index is 12.4. The Bertz CT molecular complexity index is 681. The van der Waals surface area contributed by atoms with E-state index >= 15 is 0 Å². The van der Waals surface area contributed by atoms with Gasteiger partial charge in [-0.25, -0.2) is 0 Å². The first kappa shape index (κ1) is 13.9. The summed E-state index contributed by atoms with van der Waals surface area (Å²) >= 11 is 1.75. The van der Waals surface area contributed by atoms with Crippen LogP contribution in [0.2, 0.25) is 0 Å². The van der Waals surface area contributed by atoms with Crippen molar-refractivity contribution in [3.63, 3.8) is 0 Å². The number of fused-ring (bicyclic) bond motifs is 1. The molecule has 0 radical (unpaired) electrons. The van der Waals surface area contributed by atoms with Gasteiger partial charge in [-0.1, -0.05) is 6.92 Å². The van der Waals surface area contributed by atoms with Crippen LogP contribution in [0.5, 0.6) is 5.75 Å². The van der Waals surface area contributed by atoms with Crippen LogP contribution < -0.4 is 15.4 Å². The van der Waals surface area contributed by atoms with Crippen molar-refractivity contribution in [3.8, 4) is 5.75 Å². The van der Waals surface area contributed by atoms with Gasteiger partial charge in [0.25, 0.3) is 5.91 Å². The first-order valence-corrected chi connectivity index (χ1v) is 7.85. The second-order valence-corrected chi connectivity index (χ2v) is 6.39. The Morgan fingerprint density at radius 3 is 2.76 bits per heavy atom. The van der Waals surface area contributed by atoms with E-state index in [9.17, 15) is 4.79 Å². The number of nitrogen functional groups attached to an aromatic ring is 1. The summed E-state index contributed by atoms with van der Waals surface area (Å²) in [5.41, 5.74) is 7.23. The van der Waals surface area contributed by atoms with Crippen molar-refractivity contribution in [2.45, 2.75) is 32.9 Å². The standard InChI is InChI=1S/C16H18N2O2S/c1-3-12-5-6-13(21-12)9-18-14-7-4-11(17)8-15(14)20-10(2)16(18)19/h4-8,10H,3,9,17H2,1-2H3. The van der Waals surface area contributed by atoms with Gasteiger partial charge in [-0.2, -0.15) is 0 Å². The monoisotopic (exact) mass is 302 g/mol. The summed E-state index contributed by atoms with van der Waals surface area (Å²) in [5, 5.41) is 0. The molecule has 1 aromatic carbocycles. The van der Waals surface area contributed by atoms with E-state index in [1.54, 1.807) is 35.3 Å². The minimum atomic E-state index is -0.482. The van der Waals surface area contributed by atoms with Gasteiger partial charge in [0.15, 0.2) is 6.10 Å². The lowest BCUT2D eigenvalue weighted by molar-refractivity contribution is -0.125. The summed E-state index contributed by atoms with van der Waals surface area (Å²) < 4.78 is 5.65. The number of nitrogens with two attached hydrogens (primary N) is 1. The Morgan fingerprint density at radius 2 is 2.05 bits per heavy atom. The van der Waals surface area contributed by atoms with Crippen LogP contribution in [0.4, 0.5) is 11.4 Å². The second kappa shape index (κ2) is 5.41. The Morgan fingerprint density at radius 1 is 1.29 bits per heavy atom. The number of carbonyl (C=O) groups excluding carboxylic acids is 1. The number of thiophene rings is 1. The SMILES string of the molecule is CCc1ccc(CN2C(=O)C(C)Oc3cc(N)ccc32)s1. The summed E-state index contributed by atoms with van der Waals surface area (Å²) in [5.74, 6) is 0.660. The molecule has 0 fully saturated rings. The van der Waals surface area contributed by atoms with Gasteiger partial charge in [-0.3, -0.25) is 4.79 Å². The lowest BCUT2D eigenvalue weighted by Gasteiger charge is -2.32. The molecule has 3 rings (SSSR count). The van der Waals surface area contributed by atoms with Gasteiger partial charge in [-0.05, 0) is 37.6 Å². The molecule has 1 aromatic heterocycles. The van der Waals surface area contributed by atoms with E-state index in [-0.39, 0.29) is 5.91 Å². The Labute approximate surface area is 128 Å². The number of ether oxygens (including phenoxy) is 1. The van der Waals surface area contributed by atoms with Crippen molar-refractivity contribution in [2.75, 3.05) is 10.6 Å². The van der Waals surface area contributed by atoms with Gasteiger partial charge in [0.05, 0.1) is 12.2 Å². The lowest BCUT2D eigenvalue weighted by Crippen LogP contribution is -2.43. The third-order valence-corrected chi connectivity index (χ3v) is 4.79. The molecule has 21 heavy (non-hydrogen) atoms. The van der Waals surface area contributed by atoms with Crippen molar-refractivity contribution in [1.82, 2.24) is 0 Å². The number of benzene rings is 1. The lowest BCUT2D eigenvalue weighted by atomic mass is 10.1. The summed E-state index contributed by atoms with van der Waals surface area (Å²) in [6.45, 7) is 4.48. The molecule has 5 heteroatoms. The molecule has 2 aromatic rings. The Kier molecular flexibility index (Phi) is 3.59. The first-order chi connectivity index (χ1) is 10.1. The van der Waals surface area contributed by atoms with Crippen LogP contribution in [0.15, 0.2) is 30.3 Å². The Balaban J connectivity index is 1.94. The molecule has 0 bridgehead atoms. The first-order valence-electron chi connectivity index (χ1n) is 7.03. The largest absolute Gasteiger partial charge is 0.479 e. The normalized spacial score (nSPS) is 17.5. The average Bonchev–Trinajstić information content (AvgIpc) is 2.91. The molecule has 1 aliphatic rings. The topological polar surface area (TPSA) is 55.6 Å². The van der Waals surface area contributed by atoms with Crippen LogP contribution in [0.3, 0.4) is 0 Å². The van der Waals surface area contributed by atoms with Crippen LogP contribution in [0.1, 0.15) is 23.6 Å². The zero-order chi connectivity index (χ0) is 15.0. The molecule has 0 saturated heterocycles. The maximum Gasteiger partial charge on any atom is 0.268 e. The molecule has 0 aliphatic carbocycles. The average molecular weight is 302 g/mol. The highest BCUT2D eigenvalue weighted by Gasteiger charge is 2.31. The van der Waals surface area contributed by atoms with E-state index < -0.39 is 6.10 Å². The van der Waals surface area contributed by atoms with Gasteiger partial charge < -0.3 is 15.4 Å². The van der Waals surface area contributed by atoms with Crippen molar-refractivity contribution >= 4 is 28.6 Å². The molecule has 0 saturated carbocycles. The third kappa shape index (κ3) is 2.61. The summed E-state index contributed by atoms with van der Waals surface area (Å²) in [6, 6.07) is 9.64. The fourth-order valence-corrected chi connectivity index (χ4v) is 3.39. The van der Waals surface area contributed by atoms with E-state index in [0.29, 0.717) is 18.0 Å². The number of nitrogens with zero attached hydrogens (tertiary/aromatic N) is 1. The minimum absolute atomic E-state index is 0.0151. The number of amides is 1.